The van der Waals surface area contributed by atoms with Gasteiger partial charge in [-0.3, -0.25) is 37.3 Å². The summed E-state index contributed by atoms with van der Waals surface area (Å²) in [6, 6.07) is 0. The van der Waals surface area contributed by atoms with Gasteiger partial charge in [-0.1, -0.05) is 299 Å². The van der Waals surface area contributed by atoms with Gasteiger partial charge in [-0.2, -0.15) is 0 Å². The predicted molar refractivity (Wildman–Crippen MR) is 358 cm³/mol. The zero-order valence-electron chi connectivity index (χ0n) is 57.9. The molecule has 19 heteroatoms. The first kappa shape index (κ1) is 87.1. The third-order valence-corrected chi connectivity index (χ3v) is 18.0. The molecule has 0 saturated heterocycles. The van der Waals surface area contributed by atoms with Gasteiger partial charge in [0.2, 0.25) is 0 Å². The van der Waals surface area contributed by atoms with Crippen molar-refractivity contribution in [2.45, 2.75) is 369 Å². The summed E-state index contributed by atoms with van der Waals surface area (Å²) in [7, 11) is -9.89. The largest absolute Gasteiger partial charge is 0.472 e. The second kappa shape index (κ2) is 61.0. The highest BCUT2D eigenvalue weighted by Crippen LogP contribution is 2.45. The summed E-state index contributed by atoms with van der Waals surface area (Å²) in [5.41, 5.74) is 0. The smallest absolute Gasteiger partial charge is 0.462 e. The first-order valence-corrected chi connectivity index (χ1v) is 39.3. The van der Waals surface area contributed by atoms with Crippen LogP contribution in [0.5, 0.6) is 0 Å². The average molecular weight is 1310 g/mol. The van der Waals surface area contributed by atoms with E-state index < -0.39 is 97.5 Å². The minimum absolute atomic E-state index is 0.104. The van der Waals surface area contributed by atoms with E-state index in [9.17, 15) is 43.2 Å². The van der Waals surface area contributed by atoms with Crippen molar-refractivity contribution in [3.05, 3.63) is 0 Å². The molecule has 0 aromatic rings. The Hall–Kier alpha value is -1.94. The number of hydrogen-bond acceptors (Lipinski definition) is 15. The van der Waals surface area contributed by atoms with Crippen molar-refractivity contribution < 1.29 is 80.2 Å². The van der Waals surface area contributed by atoms with Gasteiger partial charge in [-0.25, -0.2) is 9.13 Å². The molecule has 0 aromatic heterocycles. The maximum Gasteiger partial charge on any atom is 0.472 e. The Morgan fingerprint density at radius 2 is 0.517 bits per heavy atom. The monoisotopic (exact) mass is 1310 g/mol. The molecular weight excluding hydrogens is 1170 g/mol. The van der Waals surface area contributed by atoms with Gasteiger partial charge in [-0.05, 0) is 43.4 Å². The van der Waals surface area contributed by atoms with E-state index in [0.717, 1.165) is 114 Å². The van der Waals surface area contributed by atoms with Gasteiger partial charge < -0.3 is 33.8 Å². The molecule has 0 aliphatic heterocycles. The molecule has 89 heavy (non-hydrogen) atoms. The lowest BCUT2D eigenvalue weighted by Gasteiger charge is -2.21. The Balaban J connectivity index is 5.17. The highest BCUT2D eigenvalue weighted by atomic mass is 31.2. The van der Waals surface area contributed by atoms with Crippen molar-refractivity contribution in [1.82, 2.24) is 0 Å². The second-order valence-corrected chi connectivity index (χ2v) is 29.6. The number of phosphoric acid groups is 2. The van der Waals surface area contributed by atoms with Gasteiger partial charge in [0.15, 0.2) is 12.2 Å². The molecule has 0 fully saturated rings. The number of unbranched alkanes of at least 4 members (excludes halogenated alkanes) is 36. The van der Waals surface area contributed by atoms with Gasteiger partial charge >= 0.3 is 39.5 Å². The number of ether oxygens (including phenoxy) is 4. The number of aliphatic hydroxyl groups is 1. The number of rotatable bonds is 68. The van der Waals surface area contributed by atoms with Crippen molar-refractivity contribution in [3.63, 3.8) is 0 Å². The van der Waals surface area contributed by atoms with Crippen LogP contribution in [0.15, 0.2) is 0 Å². The lowest BCUT2D eigenvalue weighted by Crippen LogP contribution is -2.30. The Morgan fingerprint density at radius 3 is 0.764 bits per heavy atom. The highest BCUT2D eigenvalue weighted by Gasteiger charge is 2.30. The molecule has 0 bridgehead atoms. The summed E-state index contributed by atoms with van der Waals surface area (Å²) in [5.74, 6) is 0.177. The first-order chi connectivity index (χ1) is 42.7. The molecule has 0 aliphatic rings. The van der Waals surface area contributed by atoms with Crippen LogP contribution in [0.1, 0.15) is 350 Å². The summed E-state index contributed by atoms with van der Waals surface area (Å²) in [5, 5.41) is 10.6. The molecule has 0 radical (unpaired) electrons. The second-order valence-electron chi connectivity index (χ2n) is 26.7. The zero-order chi connectivity index (χ0) is 65.9. The van der Waals surface area contributed by atoms with Gasteiger partial charge in [0, 0.05) is 25.7 Å². The zero-order valence-corrected chi connectivity index (χ0v) is 59.7. The molecule has 528 valence electrons. The average Bonchev–Trinajstić information content (AvgIpc) is 3.68. The molecule has 2 unspecified atom stereocenters. The van der Waals surface area contributed by atoms with E-state index in [-0.39, 0.29) is 25.7 Å². The molecule has 0 aliphatic carbocycles. The maximum atomic E-state index is 13.0. The number of phosphoric ester groups is 2. The van der Waals surface area contributed by atoms with Gasteiger partial charge in [-0.15, -0.1) is 0 Å². The molecule has 5 atom stereocenters. The maximum absolute atomic E-state index is 13.0. The minimum Gasteiger partial charge on any atom is -0.462 e. The summed E-state index contributed by atoms with van der Waals surface area (Å²) >= 11 is 0. The summed E-state index contributed by atoms with van der Waals surface area (Å²) in [4.78, 5) is 72.3. The number of carbonyl (C=O) groups is 4. The first-order valence-electron chi connectivity index (χ1n) is 36.3. The van der Waals surface area contributed by atoms with Gasteiger partial charge in [0.05, 0.1) is 26.4 Å². The topological polar surface area (TPSA) is 237 Å². The van der Waals surface area contributed by atoms with Crippen LogP contribution in [-0.2, 0) is 65.4 Å². The Bertz CT molecular complexity index is 1750. The number of aliphatic hydroxyl groups excluding tert-OH is 1. The van der Waals surface area contributed by atoms with Crippen LogP contribution in [0, 0.1) is 17.8 Å². The highest BCUT2D eigenvalue weighted by molar-refractivity contribution is 7.47. The predicted octanol–water partition coefficient (Wildman–Crippen LogP) is 19.8. The van der Waals surface area contributed by atoms with Crippen molar-refractivity contribution in [1.29, 1.82) is 0 Å². The molecule has 0 spiro atoms. The Morgan fingerprint density at radius 1 is 0.303 bits per heavy atom. The van der Waals surface area contributed by atoms with Gasteiger partial charge in [0.1, 0.15) is 19.3 Å². The SMILES string of the molecule is CCCCCCCC(=O)OC[C@H](COP(=O)(O)OC[C@H](O)COP(=O)(O)OC[C@@H](COC(=O)CCCCCCCCCCCCCCCC(C)C)OC(=O)CCCCCCCCCCCCCCCC(C)C)OC(=O)CCCCCCCCCCCC(C)C. The standard InChI is InChI=1S/C70H136O17P2/c1-8-9-10-34-44-51-67(72)80-57-65(86-70(75)54-47-40-33-27-21-24-30-37-43-50-63(6)7)59-84-88(76,77)82-55-64(71)56-83-89(78,79)85-60-66(87-69(74)53-46-39-32-26-20-16-12-14-18-23-29-36-42-49-62(4)5)58-81-68(73)52-45-38-31-25-19-15-11-13-17-22-28-35-41-48-61(2)3/h61-66,71H,8-60H2,1-7H3,(H,76,77)(H,78,79)/t64-,65+,66+/m0/s1. The number of esters is 4. The van der Waals surface area contributed by atoms with Crippen LogP contribution in [0.3, 0.4) is 0 Å². The molecule has 3 N–H and O–H groups in total. The summed E-state index contributed by atoms with van der Waals surface area (Å²) < 4.78 is 68.1. The summed E-state index contributed by atoms with van der Waals surface area (Å²) in [6.07, 6.45) is 44.8. The number of hydrogen-bond donors (Lipinski definition) is 3. The normalized spacial score (nSPS) is 14.2. The van der Waals surface area contributed by atoms with Crippen molar-refractivity contribution in [3.8, 4) is 0 Å². The van der Waals surface area contributed by atoms with E-state index in [1.54, 1.807) is 0 Å². The van der Waals surface area contributed by atoms with Crippen molar-refractivity contribution >= 4 is 39.5 Å². The molecule has 17 nitrogen and oxygen atoms in total. The molecule has 0 heterocycles. The molecule has 0 aromatic carbocycles. The fourth-order valence-electron chi connectivity index (χ4n) is 10.5. The minimum atomic E-state index is -4.95. The van der Waals surface area contributed by atoms with Crippen LogP contribution < -0.4 is 0 Å². The van der Waals surface area contributed by atoms with Gasteiger partial charge in [0.25, 0.3) is 0 Å². The van der Waals surface area contributed by atoms with E-state index in [4.69, 9.17) is 37.0 Å². The lowest BCUT2D eigenvalue weighted by molar-refractivity contribution is -0.161. The quantitative estimate of drug-likeness (QED) is 0.0222. The van der Waals surface area contributed by atoms with Crippen molar-refractivity contribution in [2.75, 3.05) is 39.6 Å². The van der Waals surface area contributed by atoms with E-state index >= 15 is 0 Å². The van der Waals surface area contributed by atoms with E-state index in [2.05, 4.69) is 48.5 Å². The molecule has 0 saturated carbocycles. The lowest BCUT2D eigenvalue weighted by atomic mass is 10.0. The fourth-order valence-corrected chi connectivity index (χ4v) is 12.1. The Kier molecular flexibility index (Phi) is 59.6. The third kappa shape index (κ3) is 64.6. The van der Waals surface area contributed by atoms with E-state index in [1.165, 1.54) is 154 Å². The molecule has 0 amide bonds. The van der Waals surface area contributed by atoms with Crippen LogP contribution in [-0.4, -0.2) is 96.7 Å². The molecular formula is C70H136O17P2. The van der Waals surface area contributed by atoms with Crippen molar-refractivity contribution in [2.24, 2.45) is 17.8 Å². The number of carbonyl (C=O) groups excluding carboxylic acids is 4. The fraction of sp³-hybridized carbons (Fsp3) is 0.943. The molecule has 0 rings (SSSR count). The third-order valence-electron chi connectivity index (χ3n) is 16.1. The van der Waals surface area contributed by atoms with Crippen LogP contribution in [0.25, 0.3) is 0 Å². The van der Waals surface area contributed by atoms with Crippen LogP contribution in [0.2, 0.25) is 0 Å². The van der Waals surface area contributed by atoms with Crippen LogP contribution in [0.4, 0.5) is 0 Å². The summed E-state index contributed by atoms with van der Waals surface area (Å²) in [6.45, 7) is 11.8. The van der Waals surface area contributed by atoms with E-state index in [1.807, 2.05) is 0 Å². The van der Waals surface area contributed by atoms with Crippen LogP contribution >= 0.6 is 15.6 Å². The van der Waals surface area contributed by atoms with E-state index in [0.29, 0.717) is 25.7 Å². The Labute approximate surface area is 543 Å².